The van der Waals surface area contributed by atoms with Gasteiger partial charge in [-0.3, -0.25) is 0 Å². The number of hydrogen-bond acceptors (Lipinski definition) is 3. The Hall–Kier alpha value is -7.72. The van der Waals surface area contributed by atoms with Crippen molar-refractivity contribution in [2.24, 2.45) is 5.73 Å². The summed E-state index contributed by atoms with van der Waals surface area (Å²) in [6.07, 6.45) is 2.13. The van der Waals surface area contributed by atoms with Crippen molar-refractivity contribution >= 4 is 22.8 Å². The van der Waals surface area contributed by atoms with Gasteiger partial charge >= 0.3 is 0 Å². The molecule has 9 aromatic rings. The summed E-state index contributed by atoms with van der Waals surface area (Å²) in [5, 5.41) is 3.82. The molecule has 3 N–H and O–H groups in total. The van der Waals surface area contributed by atoms with Crippen molar-refractivity contribution in [2.75, 3.05) is 4.90 Å². The lowest BCUT2D eigenvalue weighted by Gasteiger charge is -2.45. The Bertz CT molecular complexity index is 3050. The van der Waals surface area contributed by atoms with E-state index in [-0.39, 0.29) is 6.04 Å². The topological polar surface area (TPSA) is 41.3 Å². The number of nitrogens with two attached hydrogens (primary N) is 1. The van der Waals surface area contributed by atoms with Crippen LogP contribution in [0.15, 0.2) is 237 Å². The molecule has 11 rings (SSSR count). The predicted octanol–water partition coefficient (Wildman–Crippen LogP) is 14.0. The van der Waals surface area contributed by atoms with Crippen LogP contribution in [-0.2, 0) is 12.0 Å². The quantitative estimate of drug-likeness (QED) is 0.153. The molecular weight excluding hydrogens is 751 g/mol. The van der Waals surface area contributed by atoms with Crippen LogP contribution in [0.25, 0.3) is 39.1 Å². The Kier molecular flexibility index (Phi) is 9.45. The van der Waals surface area contributed by atoms with Crippen LogP contribution in [0.3, 0.4) is 0 Å². The first-order chi connectivity index (χ1) is 30.7. The van der Waals surface area contributed by atoms with Gasteiger partial charge in [0.25, 0.3) is 0 Å². The fraction of sp³-hybridized carbons (Fsp3) is 0.0508. The van der Waals surface area contributed by atoms with Crippen LogP contribution in [0.1, 0.15) is 45.0 Å². The van der Waals surface area contributed by atoms with Gasteiger partial charge in [-0.25, -0.2) is 0 Å². The molecule has 1 aliphatic carbocycles. The van der Waals surface area contributed by atoms with Gasteiger partial charge in [-0.05, 0) is 115 Å². The minimum absolute atomic E-state index is 0.0648. The molecule has 1 spiro atoms. The van der Waals surface area contributed by atoms with Crippen molar-refractivity contribution in [3.63, 3.8) is 0 Å². The van der Waals surface area contributed by atoms with Gasteiger partial charge in [-0.1, -0.05) is 194 Å². The highest BCUT2D eigenvalue weighted by Gasteiger charge is 2.51. The molecule has 0 saturated carbocycles. The molecule has 0 bridgehead atoms. The zero-order valence-corrected chi connectivity index (χ0v) is 34.3. The van der Waals surface area contributed by atoms with Crippen molar-refractivity contribution < 1.29 is 0 Å². The molecule has 62 heavy (non-hydrogen) atoms. The van der Waals surface area contributed by atoms with Crippen molar-refractivity contribution in [3.8, 4) is 33.4 Å². The standard InChI is InChI=1S/C59H45N3/c60-55(42-20-4-1-5-21-42)39-56(43-22-6-2-7-23-43)61-40-41-19-18-24-44(37-41)47-27-10-11-28-48(47)45-35-36-50-49-29-12-13-30-51(49)59(54(50)38-45)52-31-14-16-33-57(52)62(46-25-8-3-9-26-46)58-34-17-15-32-53(58)59/h1-39,56,61H,40,60H2/b55-39-. The molecule has 3 heteroatoms. The first-order valence-corrected chi connectivity index (χ1v) is 21.5. The van der Waals surface area contributed by atoms with Gasteiger partial charge in [-0.2, -0.15) is 0 Å². The van der Waals surface area contributed by atoms with Crippen LogP contribution in [0, 0.1) is 0 Å². The molecule has 0 radical (unpaired) electrons. The smallest absolute Gasteiger partial charge is 0.0754 e. The van der Waals surface area contributed by atoms with E-state index in [0.717, 1.165) is 16.9 Å². The molecule has 3 nitrogen and oxygen atoms in total. The zero-order valence-electron chi connectivity index (χ0n) is 34.3. The lowest BCUT2D eigenvalue weighted by molar-refractivity contribution is 0.621. The summed E-state index contributed by atoms with van der Waals surface area (Å²) in [5.41, 5.74) is 26.4. The average Bonchev–Trinajstić information content (AvgIpc) is 3.63. The number of para-hydroxylation sites is 3. The number of nitrogens with zero attached hydrogens (tertiary/aromatic N) is 1. The van der Waals surface area contributed by atoms with E-state index >= 15 is 0 Å². The van der Waals surface area contributed by atoms with Gasteiger partial charge in [0.2, 0.25) is 0 Å². The van der Waals surface area contributed by atoms with Crippen molar-refractivity contribution in [3.05, 3.63) is 276 Å². The molecule has 296 valence electrons. The third-order valence-corrected chi connectivity index (χ3v) is 12.8. The third-order valence-electron chi connectivity index (χ3n) is 12.8. The SMILES string of the molecule is N/C(=C\C(NCc1cccc(-c2ccccc2-c2ccc3c(c2)C2(c4ccccc4-3)c3ccccc3N(c3ccccc3)c3ccccc32)c1)c1ccccc1)c1ccccc1. The normalized spacial score (nSPS) is 13.8. The Morgan fingerprint density at radius 1 is 0.468 bits per heavy atom. The third kappa shape index (κ3) is 6.25. The minimum Gasteiger partial charge on any atom is -0.398 e. The first-order valence-electron chi connectivity index (χ1n) is 21.5. The first kappa shape index (κ1) is 37.3. The van der Waals surface area contributed by atoms with Crippen LogP contribution in [0.4, 0.5) is 17.1 Å². The number of benzene rings is 9. The Balaban J connectivity index is 1.00. The summed E-state index contributed by atoms with van der Waals surface area (Å²) in [4.78, 5) is 2.44. The maximum atomic E-state index is 6.68. The van der Waals surface area contributed by atoms with Gasteiger partial charge in [0.1, 0.15) is 0 Å². The summed E-state index contributed by atoms with van der Waals surface area (Å²) in [5.74, 6) is 0. The van der Waals surface area contributed by atoms with Crippen molar-refractivity contribution in [1.82, 2.24) is 5.32 Å². The molecule has 1 unspecified atom stereocenters. The molecule has 0 aromatic heterocycles. The lowest BCUT2D eigenvalue weighted by atomic mass is 9.64. The largest absolute Gasteiger partial charge is 0.398 e. The number of hydrogen-bond donors (Lipinski definition) is 2. The molecule has 2 aliphatic rings. The molecule has 1 atom stereocenters. The molecule has 0 amide bonds. The lowest BCUT2D eigenvalue weighted by Crippen LogP contribution is -2.36. The van der Waals surface area contributed by atoms with Crippen LogP contribution in [0.2, 0.25) is 0 Å². The van der Waals surface area contributed by atoms with E-state index < -0.39 is 5.41 Å². The van der Waals surface area contributed by atoms with Gasteiger partial charge in [0.05, 0.1) is 22.8 Å². The molecule has 9 aromatic carbocycles. The zero-order chi connectivity index (χ0) is 41.5. The van der Waals surface area contributed by atoms with Crippen molar-refractivity contribution in [1.29, 1.82) is 0 Å². The van der Waals surface area contributed by atoms with E-state index in [2.05, 4.69) is 229 Å². The Labute approximate surface area is 364 Å². The van der Waals surface area contributed by atoms with E-state index in [0.29, 0.717) is 6.54 Å². The number of nitrogens with one attached hydrogen (secondary N) is 1. The molecule has 0 saturated heterocycles. The highest BCUT2D eigenvalue weighted by atomic mass is 15.2. The second kappa shape index (κ2) is 15.7. The van der Waals surface area contributed by atoms with Gasteiger partial charge < -0.3 is 16.0 Å². The van der Waals surface area contributed by atoms with Crippen LogP contribution >= 0.6 is 0 Å². The van der Waals surface area contributed by atoms with Gasteiger partial charge in [0.15, 0.2) is 0 Å². The van der Waals surface area contributed by atoms with E-state index in [4.69, 9.17) is 5.73 Å². The number of fused-ring (bicyclic) bond motifs is 9. The van der Waals surface area contributed by atoms with E-state index in [1.165, 1.54) is 78.1 Å². The minimum atomic E-state index is -0.519. The maximum Gasteiger partial charge on any atom is 0.0754 e. The molecule has 1 aliphatic heterocycles. The summed E-state index contributed by atoms with van der Waals surface area (Å²) >= 11 is 0. The van der Waals surface area contributed by atoms with Crippen LogP contribution < -0.4 is 16.0 Å². The molecule has 0 fully saturated rings. The number of rotatable bonds is 9. The monoisotopic (exact) mass is 795 g/mol. The Morgan fingerprint density at radius 2 is 1.00 bits per heavy atom. The summed E-state index contributed by atoms with van der Waals surface area (Å²) < 4.78 is 0. The van der Waals surface area contributed by atoms with Crippen molar-refractivity contribution in [2.45, 2.75) is 18.0 Å². The highest BCUT2D eigenvalue weighted by molar-refractivity contribution is 5.97. The van der Waals surface area contributed by atoms with Crippen LogP contribution in [-0.4, -0.2) is 0 Å². The van der Waals surface area contributed by atoms with E-state index in [1.807, 2.05) is 18.2 Å². The van der Waals surface area contributed by atoms with E-state index in [9.17, 15) is 0 Å². The summed E-state index contributed by atoms with van der Waals surface area (Å²) in [6.45, 7) is 0.673. The number of anilines is 3. The maximum absolute atomic E-state index is 6.68. The Morgan fingerprint density at radius 3 is 1.68 bits per heavy atom. The molecular formula is C59H45N3. The van der Waals surface area contributed by atoms with E-state index in [1.54, 1.807) is 0 Å². The fourth-order valence-corrected chi connectivity index (χ4v) is 10.0. The highest BCUT2D eigenvalue weighted by Crippen LogP contribution is 2.63. The molecule has 1 heterocycles. The average molecular weight is 796 g/mol. The van der Waals surface area contributed by atoms with Gasteiger partial charge in [0, 0.05) is 17.9 Å². The summed E-state index contributed by atoms with van der Waals surface area (Å²) in [7, 11) is 0. The van der Waals surface area contributed by atoms with Gasteiger partial charge in [-0.15, -0.1) is 0 Å². The fourth-order valence-electron chi connectivity index (χ4n) is 10.0. The van der Waals surface area contributed by atoms with Crippen LogP contribution in [0.5, 0.6) is 0 Å². The summed E-state index contributed by atoms with van der Waals surface area (Å²) in [6, 6.07) is 83.5. The predicted molar refractivity (Wildman–Crippen MR) is 257 cm³/mol. The second-order valence-electron chi connectivity index (χ2n) is 16.3. The second-order valence-corrected chi connectivity index (χ2v) is 16.3.